The third kappa shape index (κ3) is 3.52. The zero-order valence-electron chi connectivity index (χ0n) is 15.7. The number of carbonyl (C=O) groups excluding carboxylic acids is 2. The van der Waals surface area contributed by atoms with Crippen LogP contribution in [0.15, 0.2) is 54.6 Å². The van der Waals surface area contributed by atoms with Crippen LogP contribution in [-0.2, 0) is 11.3 Å². The van der Waals surface area contributed by atoms with Gasteiger partial charge in [0.1, 0.15) is 5.82 Å². The summed E-state index contributed by atoms with van der Waals surface area (Å²) in [6, 6.07) is 15.8. The Kier molecular flexibility index (Phi) is 5.13. The number of piperidine rings is 1. The van der Waals surface area contributed by atoms with Gasteiger partial charge in [-0.1, -0.05) is 36.4 Å². The van der Waals surface area contributed by atoms with E-state index in [4.69, 9.17) is 0 Å². The number of rotatable bonds is 3. The molecule has 0 bridgehead atoms. The zero-order chi connectivity index (χ0) is 19.6. The number of likely N-dealkylation sites (tertiary alicyclic amines) is 1. The molecular formula is C22H24FN3O2. The first-order valence-electron chi connectivity index (χ1n) is 9.72. The standard InChI is InChI=1S/C22H24FN3O2/c23-19-9-5-4-8-18(19)16-26-21(28)22(10-13-24-26)11-14-25(15-12-22)20(27)17-6-2-1-3-7-17/h1-9,24H,10-16H2. The maximum absolute atomic E-state index is 14.0. The van der Waals surface area contributed by atoms with Crippen molar-refractivity contribution >= 4 is 11.8 Å². The van der Waals surface area contributed by atoms with Crippen LogP contribution in [0.4, 0.5) is 4.39 Å². The van der Waals surface area contributed by atoms with Crippen molar-refractivity contribution in [2.24, 2.45) is 5.41 Å². The Morgan fingerprint density at radius 2 is 1.68 bits per heavy atom. The molecule has 0 aliphatic carbocycles. The molecule has 1 N–H and O–H groups in total. The fourth-order valence-electron chi connectivity index (χ4n) is 4.18. The van der Waals surface area contributed by atoms with E-state index in [0.29, 0.717) is 43.6 Å². The average Bonchev–Trinajstić information content (AvgIpc) is 2.74. The van der Waals surface area contributed by atoms with E-state index < -0.39 is 5.41 Å². The molecule has 0 atom stereocenters. The van der Waals surface area contributed by atoms with Gasteiger partial charge in [0.15, 0.2) is 0 Å². The van der Waals surface area contributed by atoms with Crippen LogP contribution in [0.25, 0.3) is 0 Å². The summed E-state index contributed by atoms with van der Waals surface area (Å²) in [5, 5.41) is 1.55. The van der Waals surface area contributed by atoms with E-state index in [1.54, 1.807) is 23.2 Å². The lowest BCUT2D eigenvalue weighted by atomic mass is 9.73. The van der Waals surface area contributed by atoms with Crippen molar-refractivity contribution in [2.45, 2.75) is 25.8 Å². The number of nitrogens with zero attached hydrogens (tertiary/aromatic N) is 2. The molecule has 2 aliphatic heterocycles. The van der Waals surface area contributed by atoms with E-state index >= 15 is 0 Å². The highest BCUT2D eigenvalue weighted by Gasteiger charge is 2.46. The lowest BCUT2D eigenvalue weighted by molar-refractivity contribution is -0.155. The van der Waals surface area contributed by atoms with Crippen LogP contribution < -0.4 is 5.43 Å². The molecule has 6 heteroatoms. The van der Waals surface area contributed by atoms with Crippen LogP contribution in [0, 0.1) is 11.2 Å². The van der Waals surface area contributed by atoms with Crippen LogP contribution >= 0.6 is 0 Å². The monoisotopic (exact) mass is 381 g/mol. The van der Waals surface area contributed by atoms with E-state index in [9.17, 15) is 14.0 Å². The van der Waals surface area contributed by atoms with Crippen LogP contribution in [-0.4, -0.2) is 41.4 Å². The van der Waals surface area contributed by atoms with E-state index in [1.165, 1.54) is 6.07 Å². The zero-order valence-corrected chi connectivity index (χ0v) is 15.7. The van der Waals surface area contributed by atoms with Crippen LogP contribution in [0.3, 0.4) is 0 Å². The Bertz CT molecular complexity index is 863. The topological polar surface area (TPSA) is 52.7 Å². The molecule has 2 aromatic rings. The van der Waals surface area contributed by atoms with E-state index in [1.807, 2.05) is 35.2 Å². The smallest absolute Gasteiger partial charge is 0.253 e. The molecular weight excluding hydrogens is 357 g/mol. The molecule has 4 rings (SSSR count). The Morgan fingerprint density at radius 1 is 1.00 bits per heavy atom. The van der Waals surface area contributed by atoms with Gasteiger partial charge in [0.05, 0.1) is 12.0 Å². The number of amides is 2. The van der Waals surface area contributed by atoms with Crippen LogP contribution in [0.1, 0.15) is 35.2 Å². The van der Waals surface area contributed by atoms with Gasteiger partial charge in [0.2, 0.25) is 5.91 Å². The summed E-state index contributed by atoms with van der Waals surface area (Å²) in [4.78, 5) is 27.7. The molecule has 2 aromatic carbocycles. The van der Waals surface area contributed by atoms with Crippen molar-refractivity contribution in [3.63, 3.8) is 0 Å². The Hall–Kier alpha value is -2.73. The van der Waals surface area contributed by atoms with Gasteiger partial charge >= 0.3 is 0 Å². The predicted molar refractivity (Wildman–Crippen MR) is 104 cm³/mol. The quantitative estimate of drug-likeness (QED) is 0.889. The second-order valence-corrected chi connectivity index (χ2v) is 7.58. The van der Waals surface area contributed by atoms with E-state index in [0.717, 1.165) is 6.42 Å². The Morgan fingerprint density at radius 3 is 2.39 bits per heavy atom. The number of hydrogen-bond acceptors (Lipinski definition) is 3. The highest BCUT2D eigenvalue weighted by atomic mass is 19.1. The summed E-state index contributed by atoms with van der Waals surface area (Å²) >= 11 is 0. The first kappa shape index (κ1) is 18.6. The summed E-state index contributed by atoms with van der Waals surface area (Å²) < 4.78 is 14.0. The Labute approximate surface area is 164 Å². The van der Waals surface area contributed by atoms with Gasteiger partial charge in [-0.15, -0.1) is 0 Å². The highest BCUT2D eigenvalue weighted by Crippen LogP contribution is 2.39. The van der Waals surface area contributed by atoms with Gasteiger partial charge in [-0.05, 0) is 37.5 Å². The maximum Gasteiger partial charge on any atom is 0.253 e. The summed E-state index contributed by atoms with van der Waals surface area (Å²) in [7, 11) is 0. The third-order valence-electron chi connectivity index (χ3n) is 5.92. The number of nitrogens with one attached hydrogen (secondary N) is 1. The fraction of sp³-hybridized carbons (Fsp3) is 0.364. The average molecular weight is 381 g/mol. The molecule has 0 aromatic heterocycles. The van der Waals surface area contributed by atoms with E-state index in [-0.39, 0.29) is 24.2 Å². The molecule has 2 heterocycles. The summed E-state index contributed by atoms with van der Waals surface area (Å²) in [6.07, 6.45) is 2.02. The lowest BCUT2D eigenvalue weighted by Gasteiger charge is -2.46. The van der Waals surface area contributed by atoms with Crippen LogP contribution in [0.5, 0.6) is 0 Å². The summed E-state index contributed by atoms with van der Waals surface area (Å²) in [5.74, 6) is -0.283. The molecule has 28 heavy (non-hydrogen) atoms. The molecule has 5 nitrogen and oxygen atoms in total. The van der Waals surface area contributed by atoms with Gasteiger partial charge in [-0.2, -0.15) is 0 Å². The molecule has 2 fully saturated rings. The molecule has 2 amide bonds. The van der Waals surface area contributed by atoms with Crippen molar-refractivity contribution in [1.29, 1.82) is 0 Å². The van der Waals surface area contributed by atoms with Crippen molar-refractivity contribution in [3.8, 4) is 0 Å². The van der Waals surface area contributed by atoms with Crippen LogP contribution in [0.2, 0.25) is 0 Å². The Balaban J connectivity index is 1.43. The highest BCUT2D eigenvalue weighted by molar-refractivity contribution is 5.94. The predicted octanol–water partition coefficient (Wildman–Crippen LogP) is 2.99. The fourth-order valence-corrected chi connectivity index (χ4v) is 4.18. The minimum atomic E-state index is -0.468. The molecule has 2 aliphatic rings. The summed E-state index contributed by atoms with van der Waals surface area (Å²) in [5.41, 5.74) is 3.82. The van der Waals surface area contributed by atoms with E-state index in [2.05, 4.69) is 5.43 Å². The number of carbonyl (C=O) groups is 2. The second kappa shape index (κ2) is 7.72. The van der Waals surface area contributed by atoms with Gasteiger partial charge in [-0.3, -0.25) is 14.6 Å². The normalized spacial score (nSPS) is 19.1. The first-order valence-corrected chi connectivity index (χ1v) is 9.72. The molecule has 0 radical (unpaired) electrons. The van der Waals surface area contributed by atoms with Gasteiger partial charge < -0.3 is 4.90 Å². The van der Waals surface area contributed by atoms with Gasteiger partial charge in [0, 0.05) is 30.8 Å². The first-order chi connectivity index (χ1) is 13.6. The molecule has 146 valence electrons. The van der Waals surface area contributed by atoms with Gasteiger partial charge in [-0.25, -0.2) is 9.82 Å². The van der Waals surface area contributed by atoms with Gasteiger partial charge in [0.25, 0.3) is 5.91 Å². The number of hydrazine groups is 1. The molecule has 0 saturated carbocycles. The molecule has 0 unspecified atom stereocenters. The molecule has 1 spiro atoms. The second-order valence-electron chi connectivity index (χ2n) is 7.58. The summed E-state index contributed by atoms with van der Waals surface area (Å²) in [6.45, 7) is 2.01. The number of hydrogen-bond donors (Lipinski definition) is 1. The maximum atomic E-state index is 14.0. The minimum absolute atomic E-state index is 0.00816. The lowest BCUT2D eigenvalue weighted by Crippen LogP contribution is -2.59. The van der Waals surface area contributed by atoms with Crippen molar-refractivity contribution in [3.05, 3.63) is 71.5 Å². The minimum Gasteiger partial charge on any atom is -0.339 e. The molecule has 2 saturated heterocycles. The third-order valence-corrected chi connectivity index (χ3v) is 5.92. The number of halogens is 1. The SMILES string of the molecule is O=C(c1ccccc1)N1CCC2(CCNN(Cc3ccccc3F)C2=O)CC1. The number of benzene rings is 2. The van der Waals surface area contributed by atoms with Crippen molar-refractivity contribution in [1.82, 2.24) is 15.3 Å². The largest absolute Gasteiger partial charge is 0.339 e. The van der Waals surface area contributed by atoms with Crippen molar-refractivity contribution < 1.29 is 14.0 Å². The van der Waals surface area contributed by atoms with Crippen molar-refractivity contribution in [2.75, 3.05) is 19.6 Å².